The van der Waals surface area contributed by atoms with Crippen molar-refractivity contribution < 1.29 is 14.3 Å². The van der Waals surface area contributed by atoms with Crippen molar-refractivity contribution in [3.63, 3.8) is 0 Å². The van der Waals surface area contributed by atoms with E-state index >= 15 is 0 Å². The lowest BCUT2D eigenvalue weighted by atomic mass is 10.1. The fourth-order valence-electron chi connectivity index (χ4n) is 3.01. The van der Waals surface area contributed by atoms with Crippen molar-refractivity contribution >= 4 is 11.8 Å². The lowest BCUT2D eigenvalue weighted by molar-refractivity contribution is -0.140. The average Bonchev–Trinajstić information content (AvgIpc) is 2.69. The highest BCUT2D eigenvalue weighted by molar-refractivity contribution is 5.88. The van der Waals surface area contributed by atoms with Crippen LogP contribution in [-0.2, 0) is 22.6 Å². The Balaban J connectivity index is 2.22. The molecule has 0 aromatic heterocycles. The van der Waals surface area contributed by atoms with Crippen molar-refractivity contribution in [3.05, 3.63) is 65.7 Å². The molecule has 2 amide bonds. The molecule has 0 aliphatic carbocycles. The molecule has 0 aliphatic heterocycles. The molecule has 2 aromatic carbocycles. The summed E-state index contributed by atoms with van der Waals surface area (Å²) in [7, 11) is 1.61. The van der Waals surface area contributed by atoms with Crippen LogP contribution in [0.15, 0.2) is 54.6 Å². The normalized spacial score (nSPS) is 11.5. The quantitative estimate of drug-likeness (QED) is 0.740. The molecule has 0 fully saturated rings. The summed E-state index contributed by atoms with van der Waals surface area (Å²) in [6.07, 6.45) is 0.805. The van der Waals surface area contributed by atoms with Crippen LogP contribution in [0.25, 0.3) is 0 Å². The minimum absolute atomic E-state index is 0.0675. The van der Waals surface area contributed by atoms with Gasteiger partial charge in [-0.25, -0.2) is 0 Å². The molecule has 0 bridgehead atoms. The SMILES string of the molecule is CCNC(=O)C(CC)N(Cc1ccccc1)C(=O)Cc1ccc(OC)cc1. The molecule has 0 spiro atoms. The molecule has 27 heavy (non-hydrogen) atoms. The number of rotatable bonds is 9. The van der Waals surface area contributed by atoms with Crippen LogP contribution in [0.2, 0.25) is 0 Å². The van der Waals surface area contributed by atoms with E-state index in [2.05, 4.69) is 5.32 Å². The van der Waals surface area contributed by atoms with Crippen LogP contribution in [0.5, 0.6) is 5.75 Å². The molecule has 2 rings (SSSR count). The average molecular weight is 368 g/mol. The van der Waals surface area contributed by atoms with Crippen LogP contribution in [0.1, 0.15) is 31.4 Å². The number of nitrogens with zero attached hydrogens (tertiary/aromatic N) is 1. The first kappa shape index (κ1) is 20.5. The van der Waals surface area contributed by atoms with Crippen molar-refractivity contribution in [2.75, 3.05) is 13.7 Å². The molecule has 0 heterocycles. The Morgan fingerprint density at radius 2 is 1.67 bits per heavy atom. The van der Waals surface area contributed by atoms with Gasteiger partial charge in [0.2, 0.25) is 11.8 Å². The molecule has 0 saturated carbocycles. The van der Waals surface area contributed by atoms with E-state index in [1.807, 2.05) is 68.4 Å². The number of hydrogen-bond acceptors (Lipinski definition) is 3. The summed E-state index contributed by atoms with van der Waals surface area (Å²) in [6.45, 7) is 4.76. The second-order valence-corrected chi connectivity index (χ2v) is 6.35. The lowest BCUT2D eigenvalue weighted by Gasteiger charge is -2.30. The van der Waals surface area contributed by atoms with E-state index < -0.39 is 6.04 Å². The predicted molar refractivity (Wildman–Crippen MR) is 106 cm³/mol. The van der Waals surface area contributed by atoms with Gasteiger partial charge in [-0.3, -0.25) is 9.59 Å². The van der Waals surface area contributed by atoms with Crippen LogP contribution < -0.4 is 10.1 Å². The molecule has 1 unspecified atom stereocenters. The highest BCUT2D eigenvalue weighted by atomic mass is 16.5. The van der Waals surface area contributed by atoms with Gasteiger partial charge in [-0.2, -0.15) is 0 Å². The Labute approximate surface area is 161 Å². The van der Waals surface area contributed by atoms with Gasteiger partial charge in [-0.15, -0.1) is 0 Å². The fourth-order valence-corrected chi connectivity index (χ4v) is 3.01. The van der Waals surface area contributed by atoms with Crippen LogP contribution in [0, 0.1) is 0 Å². The molecule has 5 heteroatoms. The highest BCUT2D eigenvalue weighted by Gasteiger charge is 2.28. The fraction of sp³-hybridized carbons (Fsp3) is 0.364. The van der Waals surface area contributed by atoms with Gasteiger partial charge in [0, 0.05) is 13.1 Å². The number of carbonyl (C=O) groups excluding carboxylic acids is 2. The van der Waals surface area contributed by atoms with E-state index in [1.54, 1.807) is 12.0 Å². The van der Waals surface area contributed by atoms with E-state index in [0.29, 0.717) is 19.5 Å². The van der Waals surface area contributed by atoms with Crippen molar-refractivity contribution in [1.29, 1.82) is 0 Å². The molecular formula is C22H28N2O3. The minimum Gasteiger partial charge on any atom is -0.497 e. The van der Waals surface area contributed by atoms with E-state index in [4.69, 9.17) is 4.74 Å². The standard InChI is InChI=1S/C22H28N2O3/c1-4-20(22(26)23-5-2)24(16-18-9-7-6-8-10-18)21(25)15-17-11-13-19(27-3)14-12-17/h6-14,20H,4-5,15-16H2,1-3H3,(H,23,26). The maximum absolute atomic E-state index is 13.1. The maximum Gasteiger partial charge on any atom is 0.242 e. The summed E-state index contributed by atoms with van der Waals surface area (Å²) >= 11 is 0. The van der Waals surface area contributed by atoms with Gasteiger partial charge in [0.25, 0.3) is 0 Å². The number of carbonyl (C=O) groups is 2. The molecule has 0 radical (unpaired) electrons. The number of hydrogen-bond donors (Lipinski definition) is 1. The van der Waals surface area contributed by atoms with Gasteiger partial charge in [0.05, 0.1) is 13.5 Å². The number of methoxy groups -OCH3 is 1. The minimum atomic E-state index is -0.490. The Kier molecular flexibility index (Phi) is 7.86. The second-order valence-electron chi connectivity index (χ2n) is 6.35. The first-order chi connectivity index (χ1) is 13.1. The molecule has 5 nitrogen and oxygen atoms in total. The van der Waals surface area contributed by atoms with Crippen molar-refractivity contribution in [3.8, 4) is 5.75 Å². The van der Waals surface area contributed by atoms with Gasteiger partial charge < -0.3 is 15.0 Å². The number of nitrogens with one attached hydrogen (secondary N) is 1. The molecule has 1 atom stereocenters. The second kappa shape index (κ2) is 10.4. The third-order valence-electron chi connectivity index (χ3n) is 4.45. The van der Waals surface area contributed by atoms with Crippen molar-refractivity contribution in [2.45, 2.75) is 39.3 Å². The Hall–Kier alpha value is -2.82. The summed E-state index contributed by atoms with van der Waals surface area (Å²) in [5.41, 5.74) is 1.90. The van der Waals surface area contributed by atoms with Crippen LogP contribution in [0.3, 0.4) is 0 Å². The smallest absolute Gasteiger partial charge is 0.242 e. The third-order valence-corrected chi connectivity index (χ3v) is 4.45. The van der Waals surface area contributed by atoms with Gasteiger partial charge in [-0.05, 0) is 36.6 Å². The van der Waals surface area contributed by atoms with E-state index in [-0.39, 0.29) is 18.2 Å². The Morgan fingerprint density at radius 1 is 1.00 bits per heavy atom. The Morgan fingerprint density at radius 3 is 2.22 bits per heavy atom. The van der Waals surface area contributed by atoms with Crippen molar-refractivity contribution in [2.24, 2.45) is 0 Å². The van der Waals surface area contributed by atoms with E-state index in [1.165, 1.54) is 0 Å². The van der Waals surface area contributed by atoms with E-state index in [9.17, 15) is 9.59 Å². The summed E-state index contributed by atoms with van der Waals surface area (Å²) < 4.78 is 5.17. The number of amides is 2. The summed E-state index contributed by atoms with van der Waals surface area (Å²) in [5, 5.41) is 2.85. The summed E-state index contributed by atoms with van der Waals surface area (Å²) in [5.74, 6) is 0.572. The van der Waals surface area contributed by atoms with Gasteiger partial charge in [-0.1, -0.05) is 49.4 Å². The van der Waals surface area contributed by atoms with Gasteiger partial charge >= 0.3 is 0 Å². The molecular weight excluding hydrogens is 340 g/mol. The number of benzene rings is 2. The largest absolute Gasteiger partial charge is 0.497 e. The molecule has 144 valence electrons. The zero-order valence-electron chi connectivity index (χ0n) is 16.3. The van der Waals surface area contributed by atoms with Gasteiger partial charge in [0.15, 0.2) is 0 Å². The molecule has 2 aromatic rings. The lowest BCUT2D eigenvalue weighted by Crippen LogP contribution is -2.49. The topological polar surface area (TPSA) is 58.6 Å². The molecule has 0 aliphatic rings. The number of ether oxygens (including phenoxy) is 1. The monoisotopic (exact) mass is 368 g/mol. The van der Waals surface area contributed by atoms with Crippen LogP contribution in [0.4, 0.5) is 0 Å². The Bertz CT molecular complexity index is 729. The van der Waals surface area contributed by atoms with Gasteiger partial charge in [0.1, 0.15) is 11.8 Å². The summed E-state index contributed by atoms with van der Waals surface area (Å²) in [6, 6.07) is 16.7. The van der Waals surface area contributed by atoms with Crippen LogP contribution >= 0.6 is 0 Å². The zero-order valence-corrected chi connectivity index (χ0v) is 16.3. The number of likely N-dealkylation sites (N-methyl/N-ethyl adjacent to an activating group) is 1. The zero-order chi connectivity index (χ0) is 19.6. The highest BCUT2D eigenvalue weighted by Crippen LogP contribution is 2.16. The molecule has 1 N–H and O–H groups in total. The first-order valence-corrected chi connectivity index (χ1v) is 9.33. The molecule has 0 saturated heterocycles. The third kappa shape index (κ3) is 5.84. The predicted octanol–water partition coefficient (Wildman–Crippen LogP) is 3.18. The van der Waals surface area contributed by atoms with E-state index in [0.717, 1.165) is 16.9 Å². The first-order valence-electron chi connectivity index (χ1n) is 9.33. The van der Waals surface area contributed by atoms with Crippen molar-refractivity contribution in [1.82, 2.24) is 10.2 Å². The maximum atomic E-state index is 13.1. The summed E-state index contributed by atoms with van der Waals surface area (Å²) in [4.78, 5) is 27.3. The van der Waals surface area contributed by atoms with Crippen LogP contribution in [-0.4, -0.2) is 36.4 Å².